The molecule has 0 aromatic carbocycles. The maximum Gasteiger partial charge on any atom is 0.433 e. The first kappa shape index (κ1) is 21.3. The molecule has 2 aromatic heterocycles. The van der Waals surface area contributed by atoms with Gasteiger partial charge in [0.2, 0.25) is 11.9 Å². The van der Waals surface area contributed by atoms with Crippen LogP contribution in [-0.2, 0) is 11.0 Å². The summed E-state index contributed by atoms with van der Waals surface area (Å²) in [6.45, 7) is 1.09. The first-order valence-electron chi connectivity index (χ1n) is 8.91. The van der Waals surface area contributed by atoms with E-state index in [9.17, 15) is 36.2 Å². The molecule has 1 atom stereocenters. The van der Waals surface area contributed by atoms with E-state index in [0.717, 1.165) is 25.5 Å². The molecule has 2 N–H and O–H groups in total. The molecule has 2 aromatic rings. The molecule has 0 radical (unpaired) electrons. The number of halogens is 6. The van der Waals surface area contributed by atoms with Crippen molar-refractivity contribution in [2.45, 2.75) is 63.0 Å². The van der Waals surface area contributed by atoms with Crippen LogP contribution < -0.4 is 5.32 Å². The molecule has 6 nitrogen and oxygen atoms in total. The summed E-state index contributed by atoms with van der Waals surface area (Å²) in [6, 6.07) is 1.55. The van der Waals surface area contributed by atoms with Gasteiger partial charge >= 0.3 is 12.4 Å². The third-order valence-electron chi connectivity index (χ3n) is 5.08. The summed E-state index contributed by atoms with van der Waals surface area (Å²) in [7, 11) is 0. The lowest BCUT2D eigenvalue weighted by Crippen LogP contribution is -2.47. The summed E-state index contributed by atoms with van der Waals surface area (Å²) >= 11 is 0. The number of anilines is 1. The van der Waals surface area contributed by atoms with E-state index in [1.54, 1.807) is 0 Å². The zero-order valence-electron chi connectivity index (χ0n) is 15.2. The highest BCUT2D eigenvalue weighted by atomic mass is 19.4. The number of nitrogens with zero attached hydrogens (tertiary/aromatic N) is 3. The predicted octanol–water partition coefficient (Wildman–Crippen LogP) is 4.21. The van der Waals surface area contributed by atoms with Crippen LogP contribution in [0.4, 0.5) is 32.3 Å². The number of imidazole rings is 1. The Labute approximate surface area is 160 Å². The second kappa shape index (κ2) is 7.15. The summed E-state index contributed by atoms with van der Waals surface area (Å²) in [4.78, 5) is 19.8. The van der Waals surface area contributed by atoms with Crippen LogP contribution in [0, 0.1) is 0 Å². The van der Waals surface area contributed by atoms with Crippen molar-refractivity contribution in [2.24, 2.45) is 0 Å². The van der Waals surface area contributed by atoms with Gasteiger partial charge in [-0.15, -0.1) is 0 Å². The molecule has 1 saturated carbocycles. The van der Waals surface area contributed by atoms with Gasteiger partial charge in [-0.2, -0.15) is 26.3 Å². The van der Waals surface area contributed by atoms with E-state index in [0.29, 0.717) is 12.8 Å². The van der Waals surface area contributed by atoms with E-state index < -0.39 is 42.4 Å². The van der Waals surface area contributed by atoms with Crippen LogP contribution in [0.5, 0.6) is 0 Å². The number of amides is 1. The highest BCUT2D eigenvalue weighted by molar-refractivity contribution is 5.91. The number of aliphatic hydroxyl groups is 1. The monoisotopic (exact) mass is 424 g/mol. The molecule has 1 unspecified atom stereocenters. The highest BCUT2D eigenvalue weighted by Gasteiger charge is 2.53. The van der Waals surface area contributed by atoms with Crippen LogP contribution >= 0.6 is 0 Å². The summed E-state index contributed by atoms with van der Waals surface area (Å²) in [5.74, 6) is -1.35. The van der Waals surface area contributed by atoms with Gasteiger partial charge in [-0.25, -0.2) is 9.97 Å². The standard InChI is InChI=1S/C17H18F6N4O2/c1-2-15(29,17(21,22)23)8-12(28)26-14-24-10-6-7-11(16(18,19)20)25-13(10)27(14)9-4-3-5-9/h6-7,9,29H,2-5,8H2,1H3,(H,24,26,28). The molecular formula is C17H18F6N4O2. The lowest BCUT2D eigenvalue weighted by atomic mass is 9.93. The molecule has 2 heterocycles. The Hall–Kier alpha value is -2.37. The third kappa shape index (κ3) is 4.02. The topological polar surface area (TPSA) is 80.0 Å². The number of rotatable bonds is 5. The molecule has 0 spiro atoms. The Morgan fingerprint density at radius 3 is 2.34 bits per heavy atom. The fraction of sp³-hybridized carbons (Fsp3) is 0.588. The highest BCUT2D eigenvalue weighted by Crippen LogP contribution is 2.39. The van der Waals surface area contributed by atoms with Gasteiger partial charge in [-0.3, -0.25) is 14.7 Å². The molecule has 1 fully saturated rings. The minimum absolute atomic E-state index is 0.0711. The van der Waals surface area contributed by atoms with Crippen LogP contribution in [0.25, 0.3) is 11.2 Å². The Bertz CT molecular complexity index is 919. The van der Waals surface area contributed by atoms with Gasteiger partial charge in [0.15, 0.2) is 11.2 Å². The van der Waals surface area contributed by atoms with Crippen molar-refractivity contribution in [3.63, 3.8) is 0 Å². The van der Waals surface area contributed by atoms with Gasteiger partial charge < -0.3 is 5.11 Å². The largest absolute Gasteiger partial charge is 0.433 e. The predicted molar refractivity (Wildman–Crippen MR) is 90.0 cm³/mol. The lowest BCUT2D eigenvalue weighted by Gasteiger charge is -2.30. The summed E-state index contributed by atoms with van der Waals surface area (Å²) in [5.41, 5.74) is -4.39. The minimum Gasteiger partial charge on any atom is -0.380 e. The first-order valence-corrected chi connectivity index (χ1v) is 8.91. The van der Waals surface area contributed by atoms with Crippen LogP contribution in [-0.4, -0.2) is 37.3 Å². The molecule has 29 heavy (non-hydrogen) atoms. The molecule has 0 bridgehead atoms. The molecule has 3 rings (SSSR count). The van der Waals surface area contributed by atoms with E-state index in [-0.39, 0.29) is 23.2 Å². The number of alkyl halides is 6. The SMILES string of the molecule is CCC(O)(CC(=O)Nc1nc2ccc(C(F)(F)F)nc2n1C1CCC1)C(F)(F)F. The number of aromatic nitrogens is 3. The van der Waals surface area contributed by atoms with Crippen LogP contribution in [0.15, 0.2) is 12.1 Å². The van der Waals surface area contributed by atoms with Crippen LogP contribution in [0.2, 0.25) is 0 Å². The zero-order valence-corrected chi connectivity index (χ0v) is 15.2. The Morgan fingerprint density at radius 1 is 1.21 bits per heavy atom. The number of carbonyl (C=O) groups excluding carboxylic acids is 1. The van der Waals surface area contributed by atoms with E-state index in [1.807, 2.05) is 0 Å². The van der Waals surface area contributed by atoms with Crippen molar-refractivity contribution in [1.82, 2.24) is 14.5 Å². The summed E-state index contributed by atoms with van der Waals surface area (Å²) in [5, 5.41) is 12.0. The number of carbonyl (C=O) groups is 1. The molecule has 1 amide bonds. The van der Waals surface area contributed by atoms with Crippen LogP contribution in [0.3, 0.4) is 0 Å². The second-order valence-corrected chi connectivity index (χ2v) is 7.03. The fourth-order valence-corrected chi connectivity index (χ4v) is 3.07. The molecule has 12 heteroatoms. The van der Waals surface area contributed by atoms with E-state index >= 15 is 0 Å². The molecule has 160 valence electrons. The number of fused-ring (bicyclic) bond motifs is 1. The quantitative estimate of drug-likeness (QED) is 0.705. The maximum absolute atomic E-state index is 13.0. The number of pyridine rings is 1. The van der Waals surface area contributed by atoms with Crippen LogP contribution in [0.1, 0.15) is 50.8 Å². The number of hydrogen-bond donors (Lipinski definition) is 2. The van der Waals surface area contributed by atoms with Crippen molar-refractivity contribution in [3.05, 3.63) is 17.8 Å². The van der Waals surface area contributed by atoms with Gasteiger partial charge in [-0.1, -0.05) is 6.92 Å². The fourth-order valence-electron chi connectivity index (χ4n) is 3.07. The van der Waals surface area contributed by atoms with Gasteiger partial charge in [0.1, 0.15) is 11.2 Å². The molecule has 1 aliphatic carbocycles. The summed E-state index contributed by atoms with van der Waals surface area (Å²) < 4.78 is 79.4. The second-order valence-electron chi connectivity index (χ2n) is 7.03. The molecule has 0 saturated heterocycles. The minimum atomic E-state index is -5.02. The number of nitrogens with one attached hydrogen (secondary N) is 1. The van der Waals surface area contributed by atoms with E-state index in [2.05, 4.69) is 15.3 Å². The zero-order chi connectivity index (χ0) is 21.6. The first-order chi connectivity index (χ1) is 13.4. The average Bonchev–Trinajstić information content (AvgIpc) is 2.88. The van der Waals surface area contributed by atoms with Crippen molar-refractivity contribution in [2.75, 3.05) is 5.32 Å². The van der Waals surface area contributed by atoms with E-state index in [1.165, 1.54) is 4.57 Å². The Balaban J connectivity index is 1.95. The van der Waals surface area contributed by atoms with Crippen molar-refractivity contribution in [3.8, 4) is 0 Å². The summed E-state index contributed by atoms with van der Waals surface area (Å²) in [6.07, 6.45) is -9.68. The normalized spacial score (nSPS) is 17.8. The van der Waals surface area contributed by atoms with Gasteiger partial charge in [0, 0.05) is 6.04 Å². The van der Waals surface area contributed by atoms with Crippen molar-refractivity contribution < 1.29 is 36.2 Å². The van der Waals surface area contributed by atoms with E-state index in [4.69, 9.17) is 0 Å². The van der Waals surface area contributed by atoms with Gasteiger partial charge in [0.05, 0.1) is 6.42 Å². The number of hydrogen-bond acceptors (Lipinski definition) is 4. The van der Waals surface area contributed by atoms with Crippen molar-refractivity contribution >= 4 is 23.0 Å². The molecule has 0 aliphatic heterocycles. The van der Waals surface area contributed by atoms with Crippen molar-refractivity contribution in [1.29, 1.82) is 0 Å². The Morgan fingerprint density at radius 2 is 1.86 bits per heavy atom. The average molecular weight is 424 g/mol. The molecular weight excluding hydrogens is 406 g/mol. The maximum atomic E-state index is 13.0. The third-order valence-corrected chi connectivity index (χ3v) is 5.08. The molecule has 1 aliphatic rings. The van der Waals surface area contributed by atoms with Gasteiger partial charge in [0.25, 0.3) is 0 Å². The lowest BCUT2D eigenvalue weighted by molar-refractivity contribution is -0.261. The smallest absolute Gasteiger partial charge is 0.380 e. The van der Waals surface area contributed by atoms with Gasteiger partial charge in [-0.05, 0) is 37.8 Å². The Kier molecular flexibility index (Phi) is 5.26.